The number of hydrogen-bond acceptors (Lipinski definition) is 1. The van der Waals surface area contributed by atoms with Crippen LogP contribution in [0.4, 0.5) is 17.6 Å². The van der Waals surface area contributed by atoms with E-state index in [1.54, 1.807) is 0 Å². The Morgan fingerprint density at radius 1 is 0.800 bits per heavy atom. The molecule has 20 heavy (non-hydrogen) atoms. The van der Waals surface area contributed by atoms with E-state index in [0.717, 1.165) is 36.4 Å². The van der Waals surface area contributed by atoms with Crippen LogP contribution >= 0.6 is 11.6 Å². The Morgan fingerprint density at radius 2 is 1.20 bits per heavy atom. The maximum Gasteiger partial charge on any atom is 0.425 e. The second-order valence-corrected chi connectivity index (χ2v) is 4.66. The zero-order valence-electron chi connectivity index (χ0n) is 9.96. The molecule has 0 aliphatic heterocycles. The average Bonchev–Trinajstić information content (AvgIpc) is 2.38. The SMILES string of the molecule is OC(c1ccc(F)cc1)(c1ccc(Cl)cc1)C(F)(F)F. The van der Waals surface area contributed by atoms with E-state index in [2.05, 4.69) is 0 Å². The van der Waals surface area contributed by atoms with Crippen LogP contribution in [0.1, 0.15) is 11.1 Å². The minimum absolute atomic E-state index is 0.248. The monoisotopic (exact) mass is 304 g/mol. The van der Waals surface area contributed by atoms with Crippen molar-refractivity contribution in [2.75, 3.05) is 0 Å². The van der Waals surface area contributed by atoms with Crippen molar-refractivity contribution in [3.05, 3.63) is 70.5 Å². The smallest absolute Gasteiger partial charge is 0.372 e. The molecule has 0 saturated carbocycles. The van der Waals surface area contributed by atoms with Crippen LogP contribution in [0.25, 0.3) is 0 Å². The van der Waals surface area contributed by atoms with Gasteiger partial charge in [-0.25, -0.2) is 4.39 Å². The van der Waals surface area contributed by atoms with E-state index in [0.29, 0.717) is 0 Å². The predicted molar refractivity (Wildman–Crippen MR) is 66.9 cm³/mol. The molecule has 0 bridgehead atoms. The Kier molecular flexibility index (Phi) is 3.75. The zero-order chi connectivity index (χ0) is 15.0. The molecule has 2 aromatic carbocycles. The molecule has 6 heteroatoms. The van der Waals surface area contributed by atoms with Crippen molar-refractivity contribution in [3.63, 3.8) is 0 Å². The highest BCUT2D eigenvalue weighted by molar-refractivity contribution is 6.30. The van der Waals surface area contributed by atoms with Crippen LogP contribution in [-0.4, -0.2) is 11.3 Å². The Morgan fingerprint density at radius 3 is 1.60 bits per heavy atom. The number of aliphatic hydroxyl groups is 1. The molecular formula is C14H9ClF4O. The lowest BCUT2D eigenvalue weighted by Gasteiger charge is -2.31. The molecule has 2 aromatic rings. The summed E-state index contributed by atoms with van der Waals surface area (Å²) in [5, 5.41) is 10.4. The number of benzene rings is 2. The summed E-state index contributed by atoms with van der Waals surface area (Å²) in [6, 6.07) is 8.19. The van der Waals surface area contributed by atoms with Crippen molar-refractivity contribution in [2.24, 2.45) is 0 Å². The molecule has 0 spiro atoms. The van der Waals surface area contributed by atoms with E-state index < -0.39 is 23.2 Å². The third-order valence-corrected chi connectivity index (χ3v) is 3.19. The molecule has 1 atom stereocenters. The lowest BCUT2D eigenvalue weighted by atomic mass is 9.86. The largest absolute Gasteiger partial charge is 0.425 e. The first-order chi connectivity index (χ1) is 9.25. The number of alkyl halides is 3. The van der Waals surface area contributed by atoms with Gasteiger partial charge in [-0.1, -0.05) is 35.9 Å². The molecule has 1 N–H and O–H groups in total. The van der Waals surface area contributed by atoms with E-state index in [9.17, 15) is 22.7 Å². The highest BCUT2D eigenvalue weighted by Crippen LogP contribution is 2.44. The van der Waals surface area contributed by atoms with Crippen molar-refractivity contribution in [2.45, 2.75) is 11.8 Å². The van der Waals surface area contributed by atoms with Gasteiger partial charge in [-0.15, -0.1) is 0 Å². The van der Waals surface area contributed by atoms with Gasteiger partial charge in [-0.2, -0.15) is 13.2 Å². The second-order valence-electron chi connectivity index (χ2n) is 4.22. The Hall–Kier alpha value is -1.59. The van der Waals surface area contributed by atoms with E-state index >= 15 is 0 Å². The first-order valence-corrected chi connectivity index (χ1v) is 5.94. The summed E-state index contributed by atoms with van der Waals surface area (Å²) in [6.45, 7) is 0. The van der Waals surface area contributed by atoms with Gasteiger partial charge in [0.1, 0.15) is 5.82 Å². The van der Waals surface area contributed by atoms with Crippen LogP contribution in [0.3, 0.4) is 0 Å². The van der Waals surface area contributed by atoms with Crippen LogP contribution in [0, 0.1) is 5.82 Å². The summed E-state index contributed by atoms with van der Waals surface area (Å²) in [4.78, 5) is 0. The normalized spacial score (nSPS) is 14.9. The van der Waals surface area contributed by atoms with Crippen molar-refractivity contribution >= 4 is 11.6 Å². The molecule has 1 nitrogen and oxygen atoms in total. The first kappa shape index (κ1) is 14.8. The zero-order valence-corrected chi connectivity index (χ0v) is 10.7. The van der Waals surface area contributed by atoms with Crippen LogP contribution in [0.2, 0.25) is 5.02 Å². The summed E-state index contributed by atoms with van der Waals surface area (Å²) in [6.07, 6.45) is -4.96. The Balaban J connectivity index is 2.62. The molecule has 0 radical (unpaired) electrons. The third kappa shape index (κ3) is 2.51. The van der Waals surface area contributed by atoms with Gasteiger partial charge in [0.25, 0.3) is 0 Å². The van der Waals surface area contributed by atoms with Gasteiger partial charge in [-0.05, 0) is 35.4 Å². The maximum absolute atomic E-state index is 13.3. The highest BCUT2D eigenvalue weighted by Gasteiger charge is 2.56. The Bertz CT molecular complexity index is 545. The summed E-state index contributed by atoms with van der Waals surface area (Å²) >= 11 is 5.63. The molecule has 0 amide bonds. The molecule has 106 valence electrons. The van der Waals surface area contributed by atoms with Gasteiger partial charge in [0, 0.05) is 5.02 Å². The van der Waals surface area contributed by atoms with Crippen LogP contribution < -0.4 is 0 Å². The second kappa shape index (κ2) is 5.07. The van der Waals surface area contributed by atoms with E-state index in [1.807, 2.05) is 0 Å². The summed E-state index contributed by atoms with van der Waals surface area (Å²) in [7, 11) is 0. The average molecular weight is 305 g/mol. The van der Waals surface area contributed by atoms with Gasteiger partial charge in [0.15, 0.2) is 0 Å². The fraction of sp³-hybridized carbons (Fsp3) is 0.143. The van der Waals surface area contributed by atoms with Gasteiger partial charge in [0.05, 0.1) is 0 Å². The minimum Gasteiger partial charge on any atom is -0.372 e. The number of rotatable bonds is 2. The van der Waals surface area contributed by atoms with Gasteiger partial charge in [0.2, 0.25) is 5.60 Å². The summed E-state index contributed by atoms with van der Waals surface area (Å²) < 4.78 is 52.7. The molecule has 0 heterocycles. The predicted octanol–water partition coefficient (Wildman–Crippen LogP) is 4.28. The molecule has 0 aliphatic carbocycles. The standard InChI is InChI=1S/C14H9ClF4O/c15-11-5-1-9(2-6-11)13(20,14(17,18)19)10-3-7-12(16)8-4-10/h1-8,20H. The van der Waals surface area contributed by atoms with Crippen LogP contribution in [0.5, 0.6) is 0 Å². The van der Waals surface area contributed by atoms with Gasteiger partial charge >= 0.3 is 6.18 Å². The fourth-order valence-electron chi connectivity index (χ4n) is 1.88. The lowest BCUT2D eigenvalue weighted by molar-refractivity contribution is -0.248. The van der Waals surface area contributed by atoms with E-state index in [1.165, 1.54) is 12.1 Å². The Labute approximate surface area is 117 Å². The number of hydrogen-bond donors (Lipinski definition) is 1. The van der Waals surface area contributed by atoms with Crippen molar-refractivity contribution in [3.8, 4) is 0 Å². The minimum atomic E-state index is -4.96. The van der Waals surface area contributed by atoms with Crippen LogP contribution in [0.15, 0.2) is 48.5 Å². The van der Waals surface area contributed by atoms with Gasteiger partial charge < -0.3 is 5.11 Å². The maximum atomic E-state index is 13.3. The van der Waals surface area contributed by atoms with Crippen molar-refractivity contribution < 1.29 is 22.7 Å². The van der Waals surface area contributed by atoms with E-state index in [-0.39, 0.29) is 10.6 Å². The topological polar surface area (TPSA) is 20.2 Å². The van der Waals surface area contributed by atoms with Crippen LogP contribution in [-0.2, 0) is 5.60 Å². The molecule has 2 rings (SSSR count). The van der Waals surface area contributed by atoms with Crippen molar-refractivity contribution in [1.82, 2.24) is 0 Å². The lowest BCUT2D eigenvalue weighted by Crippen LogP contribution is -2.43. The molecular weight excluding hydrogens is 296 g/mol. The first-order valence-electron chi connectivity index (χ1n) is 5.56. The fourth-order valence-corrected chi connectivity index (χ4v) is 2.00. The molecule has 0 aliphatic rings. The summed E-state index contributed by atoms with van der Waals surface area (Å²) in [5.74, 6) is -0.686. The molecule has 0 saturated heterocycles. The highest BCUT2D eigenvalue weighted by atomic mass is 35.5. The number of halogens is 5. The van der Waals surface area contributed by atoms with Crippen molar-refractivity contribution in [1.29, 1.82) is 0 Å². The van der Waals surface area contributed by atoms with E-state index in [4.69, 9.17) is 11.6 Å². The summed E-state index contributed by atoms with van der Waals surface area (Å²) in [5.41, 5.74) is -4.07. The molecule has 0 fully saturated rings. The van der Waals surface area contributed by atoms with Gasteiger partial charge in [-0.3, -0.25) is 0 Å². The quantitative estimate of drug-likeness (QED) is 0.821. The third-order valence-electron chi connectivity index (χ3n) is 2.93. The molecule has 0 aromatic heterocycles. The molecule has 1 unspecified atom stereocenters.